The van der Waals surface area contributed by atoms with Crippen molar-refractivity contribution >= 4 is 22.6 Å². The molecule has 0 aliphatic rings. The van der Waals surface area contributed by atoms with Gasteiger partial charge in [-0.2, -0.15) is 0 Å². The van der Waals surface area contributed by atoms with Crippen molar-refractivity contribution in [3.63, 3.8) is 0 Å². The van der Waals surface area contributed by atoms with Crippen molar-refractivity contribution in [3.8, 4) is 34.1 Å². The largest absolute Gasteiger partial charge is 0.497 e. The van der Waals surface area contributed by atoms with Crippen LogP contribution in [0, 0.1) is 0 Å². The van der Waals surface area contributed by atoms with Crippen LogP contribution in [0.2, 0.25) is 0 Å². The molecule has 0 saturated carbocycles. The quantitative estimate of drug-likeness (QED) is 0.268. The van der Waals surface area contributed by atoms with Gasteiger partial charge in [0.25, 0.3) is 11.5 Å². The van der Waals surface area contributed by atoms with E-state index >= 15 is 0 Å². The predicted octanol–water partition coefficient (Wildman–Crippen LogP) is 5.90. The van der Waals surface area contributed by atoms with E-state index in [1.165, 1.54) is 10.8 Å². The second kappa shape index (κ2) is 11.1. The number of methoxy groups -OCH3 is 1. The van der Waals surface area contributed by atoms with Gasteiger partial charge in [0.15, 0.2) is 0 Å². The van der Waals surface area contributed by atoms with E-state index in [9.17, 15) is 9.59 Å². The molecule has 41 heavy (non-hydrogen) atoms. The molecular weight excluding hydrogens is 518 g/mol. The fraction of sp³-hybridized carbons (Fsp3) is 0.0312. The summed E-state index contributed by atoms with van der Waals surface area (Å²) in [6.45, 7) is 0. The first-order chi connectivity index (χ1) is 20.1. The zero-order chi connectivity index (χ0) is 28.2. The standard InChI is InChI=1S/C32H23N5O4/c1-40-24-9-11-26-28(17-24)34-15-13-29(26)41-25-10-12-30(35-19-25)36-31(38)27-16-22(21-6-5-14-33-18-21)20-37(32(27)39)23-7-3-2-4-8-23/h2-20H,1H3,(H,35,36,38). The van der Waals surface area contributed by atoms with Gasteiger partial charge in [-0.15, -0.1) is 0 Å². The van der Waals surface area contributed by atoms with E-state index in [1.54, 1.807) is 74.4 Å². The summed E-state index contributed by atoms with van der Waals surface area (Å²) in [7, 11) is 1.60. The summed E-state index contributed by atoms with van der Waals surface area (Å²) >= 11 is 0. The Hall–Kier alpha value is -5.83. The normalized spacial score (nSPS) is 10.8. The fourth-order valence-electron chi connectivity index (χ4n) is 4.36. The van der Waals surface area contributed by atoms with Crippen LogP contribution in [0.5, 0.6) is 17.2 Å². The number of nitrogens with one attached hydrogen (secondary N) is 1. The number of rotatable bonds is 7. The first-order valence-electron chi connectivity index (χ1n) is 12.7. The van der Waals surface area contributed by atoms with Crippen LogP contribution in [0.25, 0.3) is 27.7 Å². The average Bonchev–Trinajstić information content (AvgIpc) is 3.02. The van der Waals surface area contributed by atoms with Crippen molar-refractivity contribution in [3.05, 3.63) is 132 Å². The molecule has 200 valence electrons. The molecule has 9 nitrogen and oxygen atoms in total. The third-order valence-corrected chi connectivity index (χ3v) is 6.41. The first kappa shape index (κ1) is 25.4. The second-order valence-corrected chi connectivity index (χ2v) is 9.02. The molecule has 6 aromatic rings. The van der Waals surface area contributed by atoms with Gasteiger partial charge in [0, 0.05) is 53.1 Å². The molecule has 1 amide bonds. The van der Waals surface area contributed by atoms with Crippen molar-refractivity contribution < 1.29 is 14.3 Å². The summed E-state index contributed by atoms with van der Waals surface area (Å²) < 4.78 is 12.8. The molecule has 4 heterocycles. The summed E-state index contributed by atoms with van der Waals surface area (Å²) in [5, 5.41) is 3.55. The minimum Gasteiger partial charge on any atom is -0.497 e. The van der Waals surface area contributed by atoms with E-state index in [4.69, 9.17) is 9.47 Å². The summed E-state index contributed by atoms with van der Waals surface area (Å²) in [5.41, 5.74) is 2.32. The monoisotopic (exact) mass is 541 g/mol. The maximum atomic E-state index is 13.4. The van der Waals surface area contributed by atoms with Gasteiger partial charge in [-0.3, -0.25) is 24.1 Å². The molecule has 4 aromatic heterocycles. The van der Waals surface area contributed by atoms with Crippen molar-refractivity contribution in [2.45, 2.75) is 0 Å². The van der Waals surface area contributed by atoms with E-state index < -0.39 is 11.5 Å². The molecule has 0 atom stereocenters. The number of ether oxygens (including phenoxy) is 2. The number of carbonyl (C=O) groups is 1. The van der Waals surface area contributed by atoms with Gasteiger partial charge in [-0.25, -0.2) is 4.98 Å². The number of fused-ring (bicyclic) bond motifs is 1. The topological polar surface area (TPSA) is 108 Å². The molecule has 0 radical (unpaired) electrons. The third kappa shape index (κ3) is 5.37. The summed E-state index contributed by atoms with van der Waals surface area (Å²) in [6, 6.07) is 25.0. The van der Waals surface area contributed by atoms with E-state index in [-0.39, 0.29) is 11.4 Å². The second-order valence-electron chi connectivity index (χ2n) is 9.02. The Balaban J connectivity index is 1.27. The number of para-hydroxylation sites is 1. The molecule has 2 aromatic carbocycles. The molecule has 0 aliphatic heterocycles. The smallest absolute Gasteiger partial charge is 0.267 e. The van der Waals surface area contributed by atoms with Crippen LogP contribution >= 0.6 is 0 Å². The van der Waals surface area contributed by atoms with Gasteiger partial charge in [-0.05, 0) is 54.6 Å². The summed E-state index contributed by atoms with van der Waals surface area (Å²) in [4.78, 5) is 39.6. The number of amides is 1. The lowest BCUT2D eigenvalue weighted by molar-refractivity contribution is 0.102. The molecular formula is C32H23N5O4. The summed E-state index contributed by atoms with van der Waals surface area (Å²) in [6.07, 6.45) is 8.20. The highest BCUT2D eigenvalue weighted by Crippen LogP contribution is 2.31. The van der Waals surface area contributed by atoms with Gasteiger partial charge in [0.2, 0.25) is 0 Å². The lowest BCUT2D eigenvalue weighted by atomic mass is 10.1. The molecule has 0 bridgehead atoms. The van der Waals surface area contributed by atoms with Crippen LogP contribution in [-0.2, 0) is 0 Å². The Morgan fingerprint density at radius 2 is 1.68 bits per heavy atom. The van der Waals surface area contributed by atoms with Crippen LogP contribution in [0.1, 0.15) is 10.4 Å². The molecule has 0 aliphatic carbocycles. The zero-order valence-electron chi connectivity index (χ0n) is 21.9. The predicted molar refractivity (Wildman–Crippen MR) is 156 cm³/mol. The van der Waals surface area contributed by atoms with Crippen LogP contribution in [0.3, 0.4) is 0 Å². The van der Waals surface area contributed by atoms with E-state index in [0.29, 0.717) is 28.5 Å². The van der Waals surface area contributed by atoms with Gasteiger partial charge in [0.05, 0.1) is 18.8 Å². The Morgan fingerprint density at radius 3 is 2.44 bits per heavy atom. The van der Waals surface area contributed by atoms with Gasteiger partial charge >= 0.3 is 0 Å². The fourth-order valence-corrected chi connectivity index (χ4v) is 4.36. The minimum atomic E-state index is -0.583. The zero-order valence-corrected chi connectivity index (χ0v) is 21.9. The van der Waals surface area contributed by atoms with Gasteiger partial charge in [-0.1, -0.05) is 24.3 Å². The van der Waals surface area contributed by atoms with Gasteiger partial charge < -0.3 is 14.8 Å². The SMILES string of the molecule is COc1ccc2c(Oc3ccc(NC(=O)c4cc(-c5cccnc5)cn(-c5ccccc5)c4=O)nc3)ccnc2c1. The molecule has 0 spiro atoms. The molecule has 9 heteroatoms. The Bertz CT molecular complexity index is 1910. The van der Waals surface area contributed by atoms with Crippen molar-refractivity contribution in [2.24, 2.45) is 0 Å². The van der Waals surface area contributed by atoms with Crippen molar-refractivity contribution in [2.75, 3.05) is 12.4 Å². The molecule has 1 N–H and O–H groups in total. The Kier molecular flexibility index (Phi) is 6.90. The number of nitrogens with zero attached hydrogens (tertiary/aromatic N) is 4. The van der Waals surface area contributed by atoms with E-state index in [1.807, 2.05) is 42.5 Å². The molecule has 0 fully saturated rings. The number of pyridine rings is 4. The van der Waals surface area contributed by atoms with Crippen LogP contribution in [-0.4, -0.2) is 32.5 Å². The number of hydrogen-bond donors (Lipinski definition) is 1. The number of benzene rings is 2. The van der Waals surface area contributed by atoms with E-state index in [2.05, 4.69) is 20.3 Å². The first-order valence-corrected chi connectivity index (χ1v) is 12.7. The van der Waals surface area contributed by atoms with Crippen molar-refractivity contribution in [1.82, 2.24) is 19.5 Å². The third-order valence-electron chi connectivity index (χ3n) is 6.41. The average molecular weight is 542 g/mol. The van der Waals surface area contributed by atoms with Crippen LogP contribution in [0.15, 0.2) is 121 Å². The lowest BCUT2D eigenvalue weighted by Gasteiger charge is -2.13. The lowest BCUT2D eigenvalue weighted by Crippen LogP contribution is -2.28. The van der Waals surface area contributed by atoms with Crippen LogP contribution < -0.4 is 20.3 Å². The highest BCUT2D eigenvalue weighted by atomic mass is 16.5. The van der Waals surface area contributed by atoms with Crippen molar-refractivity contribution in [1.29, 1.82) is 0 Å². The van der Waals surface area contributed by atoms with Gasteiger partial charge in [0.1, 0.15) is 28.6 Å². The maximum Gasteiger partial charge on any atom is 0.267 e. The van der Waals surface area contributed by atoms with Crippen LogP contribution in [0.4, 0.5) is 5.82 Å². The number of aromatic nitrogens is 4. The molecule has 0 saturated heterocycles. The maximum absolute atomic E-state index is 13.4. The number of anilines is 1. The molecule has 0 unspecified atom stereocenters. The Morgan fingerprint density at radius 1 is 0.829 bits per heavy atom. The minimum absolute atomic E-state index is 0.0315. The highest BCUT2D eigenvalue weighted by molar-refractivity contribution is 6.04. The number of carbonyl (C=O) groups excluding carboxylic acids is 1. The highest BCUT2D eigenvalue weighted by Gasteiger charge is 2.17. The summed E-state index contributed by atoms with van der Waals surface area (Å²) in [5.74, 6) is 1.46. The van der Waals surface area contributed by atoms with E-state index in [0.717, 1.165) is 16.5 Å². The Labute approximate surface area is 234 Å². The molecule has 6 rings (SSSR count). The number of hydrogen-bond acceptors (Lipinski definition) is 7.